The standard InChI is InChI=1S/C12H13IS/c1-3-8-7-12-9(6-11(8)13)5-10(4-2)14-12/h5-7H,3-4H2,1-2H3. The molecule has 0 bridgehead atoms. The van der Waals surface area contributed by atoms with Gasteiger partial charge in [-0.25, -0.2) is 0 Å². The van der Waals surface area contributed by atoms with E-state index in [1.165, 1.54) is 24.1 Å². The molecule has 0 saturated heterocycles. The Morgan fingerprint density at radius 1 is 1.14 bits per heavy atom. The molecule has 0 N–H and O–H groups in total. The van der Waals surface area contributed by atoms with Gasteiger partial charge in [0, 0.05) is 13.1 Å². The summed E-state index contributed by atoms with van der Waals surface area (Å²) in [4.78, 5) is 1.49. The Labute approximate surface area is 102 Å². The van der Waals surface area contributed by atoms with Crippen LogP contribution >= 0.6 is 33.9 Å². The van der Waals surface area contributed by atoms with Crippen molar-refractivity contribution < 1.29 is 0 Å². The van der Waals surface area contributed by atoms with Crippen molar-refractivity contribution in [1.82, 2.24) is 0 Å². The molecule has 74 valence electrons. The molecule has 2 aromatic rings. The van der Waals surface area contributed by atoms with Crippen LogP contribution in [0.25, 0.3) is 10.1 Å². The third-order valence-electron chi connectivity index (χ3n) is 2.47. The van der Waals surface area contributed by atoms with E-state index < -0.39 is 0 Å². The molecular formula is C12H13IS. The quantitative estimate of drug-likeness (QED) is 0.709. The summed E-state index contributed by atoms with van der Waals surface area (Å²) in [6.07, 6.45) is 2.28. The van der Waals surface area contributed by atoms with E-state index in [1.807, 2.05) is 11.3 Å². The molecule has 1 aromatic heterocycles. The number of hydrogen-bond acceptors (Lipinski definition) is 1. The van der Waals surface area contributed by atoms with E-state index in [2.05, 4.69) is 54.6 Å². The van der Waals surface area contributed by atoms with Crippen LogP contribution in [-0.2, 0) is 12.8 Å². The van der Waals surface area contributed by atoms with Crippen LogP contribution in [0, 0.1) is 3.57 Å². The minimum absolute atomic E-state index is 1.13. The molecule has 0 aliphatic heterocycles. The van der Waals surface area contributed by atoms with Crippen molar-refractivity contribution >= 4 is 44.0 Å². The van der Waals surface area contributed by atoms with Crippen LogP contribution < -0.4 is 0 Å². The van der Waals surface area contributed by atoms with Crippen molar-refractivity contribution in [2.75, 3.05) is 0 Å². The second kappa shape index (κ2) is 4.19. The maximum Gasteiger partial charge on any atom is 0.0349 e. The fraction of sp³-hybridized carbons (Fsp3) is 0.333. The van der Waals surface area contributed by atoms with Crippen molar-refractivity contribution in [2.45, 2.75) is 26.7 Å². The molecule has 0 spiro atoms. The number of aryl methyl sites for hydroxylation is 2. The fourth-order valence-corrected chi connectivity index (χ4v) is 3.52. The average Bonchev–Trinajstić information content (AvgIpc) is 2.58. The molecule has 0 atom stereocenters. The van der Waals surface area contributed by atoms with E-state index >= 15 is 0 Å². The van der Waals surface area contributed by atoms with Gasteiger partial charge in [0.15, 0.2) is 0 Å². The highest BCUT2D eigenvalue weighted by atomic mass is 127. The number of halogens is 1. The van der Waals surface area contributed by atoms with Gasteiger partial charge in [0.05, 0.1) is 0 Å². The van der Waals surface area contributed by atoms with Gasteiger partial charge < -0.3 is 0 Å². The van der Waals surface area contributed by atoms with Gasteiger partial charge in [-0.1, -0.05) is 13.8 Å². The van der Waals surface area contributed by atoms with Crippen molar-refractivity contribution in [1.29, 1.82) is 0 Å². The summed E-state index contributed by atoms with van der Waals surface area (Å²) in [5.41, 5.74) is 1.47. The molecule has 0 amide bonds. The molecule has 1 aromatic carbocycles. The zero-order chi connectivity index (χ0) is 10.1. The Hall–Kier alpha value is -0.0900. The molecule has 14 heavy (non-hydrogen) atoms. The highest BCUT2D eigenvalue weighted by Crippen LogP contribution is 2.29. The first-order valence-corrected chi connectivity index (χ1v) is 6.85. The SMILES string of the molecule is CCc1cc2cc(I)c(CC)cc2s1. The number of benzene rings is 1. The van der Waals surface area contributed by atoms with Gasteiger partial charge in [0.1, 0.15) is 0 Å². The second-order valence-corrected chi connectivity index (χ2v) is 5.73. The smallest absolute Gasteiger partial charge is 0.0349 e. The van der Waals surface area contributed by atoms with E-state index in [1.54, 1.807) is 0 Å². The lowest BCUT2D eigenvalue weighted by Crippen LogP contribution is -1.83. The number of thiophene rings is 1. The van der Waals surface area contributed by atoms with Gasteiger partial charge in [-0.3, -0.25) is 0 Å². The summed E-state index contributed by atoms with van der Waals surface area (Å²) >= 11 is 4.37. The average molecular weight is 316 g/mol. The molecule has 0 radical (unpaired) electrons. The van der Waals surface area contributed by atoms with Gasteiger partial charge in [-0.15, -0.1) is 11.3 Å². The molecule has 1 heterocycles. The molecule has 0 aliphatic rings. The summed E-state index contributed by atoms with van der Waals surface area (Å²) in [5, 5.41) is 1.41. The van der Waals surface area contributed by atoms with Crippen molar-refractivity contribution in [2.24, 2.45) is 0 Å². The molecule has 0 aliphatic carbocycles. The number of hydrogen-bond donors (Lipinski definition) is 0. The predicted octanol–water partition coefficient (Wildman–Crippen LogP) is 4.63. The molecular weight excluding hydrogens is 303 g/mol. The maximum absolute atomic E-state index is 2.43. The monoisotopic (exact) mass is 316 g/mol. The largest absolute Gasteiger partial charge is 0.140 e. The first-order chi connectivity index (χ1) is 6.74. The summed E-state index contributed by atoms with van der Waals surface area (Å²) in [6, 6.07) is 6.98. The van der Waals surface area contributed by atoms with Gasteiger partial charge >= 0.3 is 0 Å². The molecule has 0 saturated carbocycles. The van der Waals surface area contributed by atoms with E-state index in [0.29, 0.717) is 0 Å². The third-order valence-corrected chi connectivity index (χ3v) is 4.71. The van der Waals surface area contributed by atoms with Gasteiger partial charge in [-0.2, -0.15) is 0 Å². The lowest BCUT2D eigenvalue weighted by Gasteiger charge is -2.00. The third kappa shape index (κ3) is 1.82. The minimum Gasteiger partial charge on any atom is -0.140 e. The van der Waals surface area contributed by atoms with E-state index in [4.69, 9.17) is 0 Å². The molecule has 2 heteroatoms. The fourth-order valence-electron chi connectivity index (χ4n) is 1.60. The van der Waals surface area contributed by atoms with Crippen LogP contribution in [0.3, 0.4) is 0 Å². The van der Waals surface area contributed by atoms with Crippen LogP contribution in [0.4, 0.5) is 0 Å². The lowest BCUT2D eigenvalue weighted by molar-refractivity contribution is 1.13. The topological polar surface area (TPSA) is 0 Å². The van der Waals surface area contributed by atoms with Crippen LogP contribution in [0.5, 0.6) is 0 Å². The Bertz CT molecular complexity index is 457. The molecule has 0 fully saturated rings. The summed E-state index contributed by atoms with van der Waals surface area (Å²) in [7, 11) is 0. The van der Waals surface area contributed by atoms with E-state index in [9.17, 15) is 0 Å². The Balaban J connectivity index is 2.64. The van der Waals surface area contributed by atoms with Crippen molar-refractivity contribution in [3.8, 4) is 0 Å². The van der Waals surface area contributed by atoms with Gasteiger partial charge in [0.25, 0.3) is 0 Å². The number of fused-ring (bicyclic) bond motifs is 1. The lowest BCUT2D eigenvalue weighted by atomic mass is 10.1. The highest BCUT2D eigenvalue weighted by Gasteiger charge is 2.04. The van der Waals surface area contributed by atoms with Crippen LogP contribution in [0.1, 0.15) is 24.3 Å². The number of rotatable bonds is 2. The summed E-state index contributed by atoms with van der Waals surface area (Å²) in [6.45, 7) is 4.44. The van der Waals surface area contributed by atoms with Crippen molar-refractivity contribution in [3.63, 3.8) is 0 Å². The first kappa shape index (κ1) is 10.4. The van der Waals surface area contributed by atoms with Crippen LogP contribution in [-0.4, -0.2) is 0 Å². The highest BCUT2D eigenvalue weighted by molar-refractivity contribution is 14.1. The van der Waals surface area contributed by atoms with Gasteiger partial charge in [-0.05, 0) is 64.6 Å². The predicted molar refractivity (Wildman–Crippen MR) is 73.3 cm³/mol. The second-order valence-electron chi connectivity index (χ2n) is 3.40. The molecule has 2 rings (SSSR count). The van der Waals surface area contributed by atoms with Crippen LogP contribution in [0.2, 0.25) is 0 Å². The zero-order valence-electron chi connectivity index (χ0n) is 8.43. The molecule has 0 unspecified atom stereocenters. The van der Waals surface area contributed by atoms with Gasteiger partial charge in [0.2, 0.25) is 0 Å². The Morgan fingerprint density at radius 3 is 2.57 bits per heavy atom. The zero-order valence-corrected chi connectivity index (χ0v) is 11.4. The first-order valence-electron chi connectivity index (χ1n) is 4.95. The summed E-state index contributed by atoms with van der Waals surface area (Å²) < 4.78 is 2.84. The normalized spacial score (nSPS) is 11.1. The Kier molecular flexibility index (Phi) is 3.12. The van der Waals surface area contributed by atoms with E-state index in [0.717, 1.165) is 12.8 Å². The minimum atomic E-state index is 1.13. The molecule has 0 nitrogen and oxygen atoms in total. The van der Waals surface area contributed by atoms with E-state index in [-0.39, 0.29) is 0 Å². The van der Waals surface area contributed by atoms with Crippen molar-refractivity contribution in [3.05, 3.63) is 32.2 Å². The van der Waals surface area contributed by atoms with Crippen LogP contribution in [0.15, 0.2) is 18.2 Å². The Morgan fingerprint density at radius 2 is 1.93 bits per heavy atom. The maximum atomic E-state index is 2.43. The summed E-state index contributed by atoms with van der Waals surface area (Å²) in [5.74, 6) is 0.